The van der Waals surface area contributed by atoms with Crippen molar-refractivity contribution in [3.63, 3.8) is 0 Å². The topological polar surface area (TPSA) is 0 Å². The Labute approximate surface area is 180 Å². The van der Waals surface area contributed by atoms with Crippen LogP contribution in [0, 0.1) is 0 Å². The summed E-state index contributed by atoms with van der Waals surface area (Å²) < 4.78 is 0. The van der Waals surface area contributed by atoms with E-state index in [9.17, 15) is 0 Å². The van der Waals surface area contributed by atoms with E-state index in [-0.39, 0.29) is 18.5 Å². The molecule has 0 bridgehead atoms. The highest BCUT2D eigenvalue weighted by Gasteiger charge is 2.71. The van der Waals surface area contributed by atoms with Gasteiger partial charge < -0.3 is 0 Å². The van der Waals surface area contributed by atoms with Gasteiger partial charge in [-0.2, -0.15) is 0 Å². The summed E-state index contributed by atoms with van der Waals surface area (Å²) in [5.41, 5.74) is 5.56. The number of benzene rings is 2. The van der Waals surface area contributed by atoms with Crippen molar-refractivity contribution >= 4 is 13.5 Å². The zero-order valence-corrected chi connectivity index (χ0v) is 20.7. The third kappa shape index (κ3) is 3.74. The van der Waals surface area contributed by atoms with Gasteiger partial charge in [0.25, 0.3) is 0 Å². The molecule has 0 heterocycles. The second kappa shape index (κ2) is 7.39. The molecule has 2 aromatic carbocycles. The molecule has 1 aliphatic rings. The van der Waals surface area contributed by atoms with Gasteiger partial charge in [-0.1, -0.05) is 124 Å². The van der Waals surface area contributed by atoms with E-state index < -0.39 is 0 Å². The minimum atomic E-state index is -0.259. The van der Waals surface area contributed by atoms with Gasteiger partial charge in [-0.3, -0.25) is 0 Å². The van der Waals surface area contributed by atoms with Crippen LogP contribution in [0.4, 0.5) is 0 Å². The van der Waals surface area contributed by atoms with Gasteiger partial charge in [0.15, 0.2) is 0 Å². The van der Waals surface area contributed by atoms with E-state index in [4.69, 9.17) is 0 Å². The van der Waals surface area contributed by atoms with Gasteiger partial charge in [-0.15, -0.1) is 0 Å². The molecule has 0 nitrogen and oxygen atoms in total. The molecule has 1 fully saturated rings. The lowest BCUT2D eigenvalue weighted by molar-refractivity contribution is 0.661. The van der Waals surface area contributed by atoms with Crippen molar-refractivity contribution in [3.05, 3.63) is 77.9 Å². The van der Waals surface area contributed by atoms with E-state index in [1.807, 2.05) is 0 Å². The van der Waals surface area contributed by atoms with E-state index in [1.54, 1.807) is 0 Å². The van der Waals surface area contributed by atoms with Gasteiger partial charge in [-0.05, 0) is 45.4 Å². The van der Waals surface area contributed by atoms with Gasteiger partial charge in [0.1, 0.15) is 0 Å². The molecule has 0 amide bonds. The molecule has 1 heteroatoms. The van der Waals surface area contributed by atoms with Crippen LogP contribution in [-0.2, 0) is 5.41 Å². The quantitative estimate of drug-likeness (QED) is 0.436. The Bertz CT molecular complexity index is 867. The first-order valence-electron chi connectivity index (χ1n) is 11.0. The van der Waals surface area contributed by atoms with Crippen molar-refractivity contribution in [2.24, 2.45) is 0 Å². The summed E-state index contributed by atoms with van der Waals surface area (Å²) in [7, 11) is -0.259. The average Bonchev–Trinajstić information content (AvgIpc) is 3.26. The highest BCUT2D eigenvalue weighted by atomic mass is 31.1. The largest absolute Gasteiger partial charge is 0.0952 e. The van der Waals surface area contributed by atoms with E-state index in [1.165, 1.54) is 28.7 Å². The number of allylic oxidation sites excluding steroid dienone is 1. The number of hydrogen-bond acceptors (Lipinski definition) is 0. The standard InChI is InChI=1S/C28H39P/c1-10-21(2)22-15-14-18-24(19-22)28(23-16-12-11-13-17-23)20-27(28,9)29(25(3,4)5)26(6,7)8/h11-19H,2,10,20H2,1,3-9H3. The van der Waals surface area contributed by atoms with Crippen LogP contribution in [-0.4, -0.2) is 15.5 Å². The van der Waals surface area contributed by atoms with Crippen LogP contribution in [0.1, 0.15) is 84.9 Å². The molecule has 0 spiro atoms. The number of hydrogen-bond donors (Lipinski definition) is 0. The van der Waals surface area contributed by atoms with Crippen LogP contribution >= 0.6 is 7.92 Å². The monoisotopic (exact) mass is 406 g/mol. The van der Waals surface area contributed by atoms with Gasteiger partial charge in [0, 0.05) is 10.6 Å². The summed E-state index contributed by atoms with van der Waals surface area (Å²) in [5, 5.41) is 0.860. The summed E-state index contributed by atoms with van der Waals surface area (Å²) >= 11 is 0. The van der Waals surface area contributed by atoms with Gasteiger partial charge >= 0.3 is 0 Å². The molecule has 0 aliphatic heterocycles. The van der Waals surface area contributed by atoms with Gasteiger partial charge in [0.05, 0.1) is 0 Å². The van der Waals surface area contributed by atoms with Crippen molar-refractivity contribution in [1.29, 1.82) is 0 Å². The van der Waals surface area contributed by atoms with Crippen molar-refractivity contribution in [3.8, 4) is 0 Å². The fourth-order valence-corrected chi connectivity index (χ4v) is 12.2. The zero-order valence-electron chi connectivity index (χ0n) is 19.8. The second-order valence-electron chi connectivity index (χ2n) is 10.9. The lowest BCUT2D eigenvalue weighted by atomic mass is 9.84. The lowest BCUT2D eigenvalue weighted by Crippen LogP contribution is -2.35. The molecular formula is C28H39P. The van der Waals surface area contributed by atoms with Gasteiger partial charge in [0.2, 0.25) is 0 Å². The maximum atomic E-state index is 4.31. The summed E-state index contributed by atoms with van der Waals surface area (Å²) in [6.45, 7) is 23.8. The van der Waals surface area contributed by atoms with Crippen LogP contribution in [0.25, 0.3) is 5.57 Å². The first kappa shape index (κ1) is 22.3. The molecule has 0 N–H and O–H groups in total. The van der Waals surface area contributed by atoms with E-state index in [0.29, 0.717) is 10.3 Å². The summed E-state index contributed by atoms with van der Waals surface area (Å²) in [6, 6.07) is 20.5. The SMILES string of the molecule is C=C(CC)c1cccc(C2(c3ccccc3)CC2(C)P(C(C)(C)C)C(C)(C)C)c1. The van der Waals surface area contributed by atoms with Crippen molar-refractivity contribution in [1.82, 2.24) is 0 Å². The first-order valence-corrected chi connectivity index (χ1v) is 12.4. The maximum Gasteiger partial charge on any atom is 0.0305 e. The third-order valence-corrected chi connectivity index (χ3v) is 10.9. The molecule has 29 heavy (non-hydrogen) atoms. The smallest absolute Gasteiger partial charge is 0.0305 e. The third-order valence-electron chi connectivity index (χ3n) is 6.70. The highest BCUT2D eigenvalue weighted by Crippen LogP contribution is 2.83. The molecule has 2 atom stereocenters. The average molecular weight is 407 g/mol. The first-order chi connectivity index (χ1) is 13.4. The van der Waals surface area contributed by atoms with E-state index in [0.717, 1.165) is 6.42 Å². The second-order valence-corrected chi connectivity index (χ2v) is 15.3. The minimum absolute atomic E-state index is 0.0879. The molecule has 0 aromatic heterocycles. The highest BCUT2D eigenvalue weighted by molar-refractivity contribution is 7.63. The van der Waals surface area contributed by atoms with Crippen LogP contribution in [0.5, 0.6) is 0 Å². The van der Waals surface area contributed by atoms with Crippen molar-refractivity contribution in [2.45, 2.75) is 89.1 Å². The predicted molar refractivity (Wildman–Crippen MR) is 132 cm³/mol. The predicted octanol–water partition coefficient (Wildman–Crippen LogP) is 8.64. The Morgan fingerprint density at radius 3 is 1.97 bits per heavy atom. The Balaban J connectivity index is 2.23. The van der Waals surface area contributed by atoms with Crippen LogP contribution < -0.4 is 0 Å². The van der Waals surface area contributed by atoms with Crippen molar-refractivity contribution in [2.75, 3.05) is 0 Å². The Hall–Kier alpha value is -1.39. The molecule has 0 radical (unpaired) electrons. The lowest BCUT2D eigenvalue weighted by Gasteiger charge is -2.48. The molecule has 2 aromatic rings. The number of rotatable bonds is 5. The molecular weight excluding hydrogens is 367 g/mol. The van der Waals surface area contributed by atoms with Crippen LogP contribution in [0.3, 0.4) is 0 Å². The summed E-state index contributed by atoms with van der Waals surface area (Å²) in [6.07, 6.45) is 2.22. The maximum absolute atomic E-state index is 4.31. The Kier molecular flexibility index (Phi) is 5.68. The van der Waals surface area contributed by atoms with E-state index >= 15 is 0 Å². The van der Waals surface area contributed by atoms with Crippen LogP contribution in [0.2, 0.25) is 0 Å². The van der Waals surface area contributed by atoms with E-state index in [2.05, 4.69) is 117 Å². The molecule has 156 valence electrons. The molecule has 1 saturated carbocycles. The normalized spacial score (nSPS) is 24.6. The Morgan fingerprint density at radius 1 is 0.897 bits per heavy atom. The zero-order chi connectivity index (χ0) is 21.7. The molecule has 1 aliphatic carbocycles. The Morgan fingerprint density at radius 2 is 1.45 bits per heavy atom. The minimum Gasteiger partial charge on any atom is -0.0952 e. The molecule has 0 saturated heterocycles. The van der Waals surface area contributed by atoms with Crippen LogP contribution in [0.15, 0.2) is 61.2 Å². The fourth-order valence-electron chi connectivity index (χ4n) is 6.15. The van der Waals surface area contributed by atoms with Crippen molar-refractivity contribution < 1.29 is 0 Å². The molecule has 2 unspecified atom stereocenters. The fraction of sp³-hybridized carbons (Fsp3) is 0.500. The summed E-state index contributed by atoms with van der Waals surface area (Å²) in [4.78, 5) is 0. The van der Waals surface area contributed by atoms with Gasteiger partial charge in [-0.25, -0.2) is 0 Å². The molecule has 3 rings (SSSR count). The summed E-state index contributed by atoms with van der Waals surface area (Å²) in [5.74, 6) is 0.